The van der Waals surface area contributed by atoms with Gasteiger partial charge in [-0.2, -0.15) is 0 Å². The predicted molar refractivity (Wildman–Crippen MR) is 62.2 cm³/mol. The minimum absolute atomic E-state index is 1.06. The van der Waals surface area contributed by atoms with Gasteiger partial charge in [-0.15, -0.1) is 0 Å². The van der Waals surface area contributed by atoms with Crippen molar-refractivity contribution in [3.8, 4) is 0 Å². The Morgan fingerprint density at radius 2 is 1.77 bits per heavy atom. The maximum Gasteiger partial charge on any atom is 0.242 e. The predicted octanol–water partition coefficient (Wildman–Crippen LogP) is 4.10. The van der Waals surface area contributed by atoms with Crippen LogP contribution in [0.2, 0.25) is 19.6 Å². The number of allylic oxidation sites excluding steroid dienone is 3. The first kappa shape index (κ1) is 12.5. The number of hydrogen-bond acceptors (Lipinski definition) is 1. The molecule has 0 rings (SSSR count). The smallest absolute Gasteiger partial charge is 0.242 e. The maximum absolute atomic E-state index is 5.93. The van der Waals surface area contributed by atoms with Gasteiger partial charge in [-0.3, -0.25) is 0 Å². The molecule has 0 amide bonds. The van der Waals surface area contributed by atoms with Crippen molar-refractivity contribution in [3.63, 3.8) is 0 Å². The summed E-state index contributed by atoms with van der Waals surface area (Å²) in [6.07, 6.45) is 5.29. The molecule has 0 spiro atoms. The lowest BCUT2D eigenvalue weighted by Gasteiger charge is -2.21. The average Bonchev–Trinajstić information content (AvgIpc) is 1.95. The Hall–Kier alpha value is -0.503. The molecule has 2 heteroatoms. The van der Waals surface area contributed by atoms with Crippen LogP contribution in [0.15, 0.2) is 23.5 Å². The summed E-state index contributed by atoms with van der Waals surface area (Å²) in [6.45, 7) is 12.9. The summed E-state index contributed by atoms with van der Waals surface area (Å²) in [5, 5.41) is 0. The zero-order valence-electron chi connectivity index (χ0n) is 9.77. The zero-order valence-corrected chi connectivity index (χ0v) is 10.8. The summed E-state index contributed by atoms with van der Waals surface area (Å²) in [5.74, 6) is 1.06. The van der Waals surface area contributed by atoms with E-state index in [1.165, 1.54) is 5.57 Å². The van der Waals surface area contributed by atoms with E-state index in [1.54, 1.807) is 0 Å². The summed E-state index contributed by atoms with van der Waals surface area (Å²) in [4.78, 5) is 0. The lowest BCUT2D eigenvalue weighted by atomic mass is 10.2. The molecule has 0 saturated heterocycles. The van der Waals surface area contributed by atoms with Crippen LogP contribution in [0.1, 0.15) is 27.2 Å². The van der Waals surface area contributed by atoms with Crippen LogP contribution < -0.4 is 0 Å². The molecule has 0 heterocycles. The van der Waals surface area contributed by atoms with Crippen LogP contribution >= 0.6 is 0 Å². The first-order valence-electron chi connectivity index (χ1n) is 4.90. The van der Waals surface area contributed by atoms with E-state index in [2.05, 4.69) is 52.6 Å². The fourth-order valence-corrected chi connectivity index (χ4v) is 1.79. The van der Waals surface area contributed by atoms with E-state index >= 15 is 0 Å². The monoisotopic (exact) mass is 198 g/mol. The van der Waals surface area contributed by atoms with Crippen LogP contribution in [0.25, 0.3) is 0 Å². The van der Waals surface area contributed by atoms with Crippen molar-refractivity contribution in [2.45, 2.75) is 46.8 Å². The van der Waals surface area contributed by atoms with Gasteiger partial charge >= 0.3 is 0 Å². The van der Waals surface area contributed by atoms with Gasteiger partial charge in [-0.05, 0) is 51.6 Å². The van der Waals surface area contributed by atoms with Crippen molar-refractivity contribution < 1.29 is 4.43 Å². The highest BCUT2D eigenvalue weighted by atomic mass is 28.4. The Kier molecular flexibility index (Phi) is 5.07. The van der Waals surface area contributed by atoms with Crippen molar-refractivity contribution >= 4 is 8.32 Å². The van der Waals surface area contributed by atoms with E-state index in [0.29, 0.717) is 0 Å². The van der Waals surface area contributed by atoms with Crippen molar-refractivity contribution in [1.82, 2.24) is 0 Å². The van der Waals surface area contributed by atoms with Gasteiger partial charge in [0.1, 0.15) is 5.76 Å². The third-order valence-corrected chi connectivity index (χ3v) is 2.25. The number of hydrogen-bond donors (Lipinski definition) is 0. The van der Waals surface area contributed by atoms with E-state index in [4.69, 9.17) is 4.43 Å². The molecule has 0 aromatic rings. The Labute approximate surface area is 83.6 Å². The Morgan fingerprint density at radius 1 is 1.23 bits per heavy atom. The molecule has 0 aliphatic rings. The molecule has 0 aliphatic carbocycles. The van der Waals surface area contributed by atoms with Gasteiger partial charge in [0.05, 0.1) is 0 Å². The summed E-state index contributed by atoms with van der Waals surface area (Å²) in [5.41, 5.74) is 1.26. The van der Waals surface area contributed by atoms with Crippen LogP contribution in [0.5, 0.6) is 0 Å². The maximum atomic E-state index is 5.93. The summed E-state index contributed by atoms with van der Waals surface area (Å²) < 4.78 is 5.93. The molecule has 0 fully saturated rings. The van der Waals surface area contributed by atoms with E-state index < -0.39 is 8.32 Å². The van der Waals surface area contributed by atoms with Gasteiger partial charge in [-0.25, -0.2) is 0 Å². The third kappa shape index (κ3) is 6.64. The molecule has 0 aromatic heterocycles. The van der Waals surface area contributed by atoms with E-state index in [1.807, 2.05) is 0 Å². The lowest BCUT2D eigenvalue weighted by molar-refractivity contribution is 0.435. The van der Waals surface area contributed by atoms with Crippen molar-refractivity contribution in [1.29, 1.82) is 0 Å². The standard InChI is InChI=1S/C11H22OSi/c1-7-8-9-11(10(2)3)12-13(4,5)6/h8-9H,7H2,1-6H3/b9-8+. The second-order valence-electron chi connectivity index (χ2n) is 4.39. The molecule has 0 aliphatic heterocycles. The Balaban J connectivity index is 4.48. The van der Waals surface area contributed by atoms with Crippen LogP contribution in [0, 0.1) is 0 Å². The van der Waals surface area contributed by atoms with Crippen molar-refractivity contribution in [2.24, 2.45) is 0 Å². The molecule has 0 aromatic carbocycles. The Bertz CT molecular complexity index is 205. The topological polar surface area (TPSA) is 9.23 Å². The summed E-state index contributed by atoms with van der Waals surface area (Å²) in [6, 6.07) is 0. The van der Waals surface area contributed by atoms with Crippen LogP contribution in [-0.2, 0) is 4.43 Å². The number of rotatable bonds is 4. The molecule has 13 heavy (non-hydrogen) atoms. The quantitative estimate of drug-likeness (QED) is 0.375. The van der Waals surface area contributed by atoms with Gasteiger partial charge in [0.15, 0.2) is 0 Å². The van der Waals surface area contributed by atoms with Crippen LogP contribution in [0.3, 0.4) is 0 Å². The average molecular weight is 198 g/mol. The molecule has 0 radical (unpaired) electrons. The van der Waals surface area contributed by atoms with Crippen LogP contribution in [-0.4, -0.2) is 8.32 Å². The fraction of sp³-hybridized carbons (Fsp3) is 0.636. The third-order valence-electron chi connectivity index (χ3n) is 1.41. The lowest BCUT2D eigenvalue weighted by Crippen LogP contribution is -2.24. The normalized spacial score (nSPS) is 11.8. The SMILES string of the molecule is CC/C=C/C(O[Si](C)(C)C)=C(C)C. The molecule has 1 nitrogen and oxygen atoms in total. The first-order valence-corrected chi connectivity index (χ1v) is 8.30. The van der Waals surface area contributed by atoms with Gasteiger partial charge < -0.3 is 4.43 Å². The highest BCUT2D eigenvalue weighted by molar-refractivity contribution is 6.70. The van der Waals surface area contributed by atoms with Gasteiger partial charge in [0.25, 0.3) is 0 Å². The minimum Gasteiger partial charge on any atom is -0.544 e. The molecule has 0 atom stereocenters. The summed E-state index contributed by atoms with van der Waals surface area (Å²) in [7, 11) is -1.44. The molecule has 76 valence electrons. The highest BCUT2D eigenvalue weighted by Crippen LogP contribution is 2.15. The first-order chi connectivity index (χ1) is 5.87. The molecule has 0 N–H and O–H groups in total. The fourth-order valence-electron chi connectivity index (χ4n) is 0.858. The van der Waals surface area contributed by atoms with E-state index in [-0.39, 0.29) is 0 Å². The van der Waals surface area contributed by atoms with Crippen molar-refractivity contribution in [3.05, 3.63) is 23.5 Å². The molecule has 0 unspecified atom stereocenters. The van der Waals surface area contributed by atoms with Gasteiger partial charge in [-0.1, -0.05) is 13.0 Å². The van der Waals surface area contributed by atoms with E-state index in [0.717, 1.165) is 12.2 Å². The van der Waals surface area contributed by atoms with Crippen LogP contribution in [0.4, 0.5) is 0 Å². The van der Waals surface area contributed by atoms with Crippen molar-refractivity contribution in [2.75, 3.05) is 0 Å². The highest BCUT2D eigenvalue weighted by Gasteiger charge is 2.16. The molecular weight excluding hydrogens is 176 g/mol. The largest absolute Gasteiger partial charge is 0.544 e. The zero-order chi connectivity index (χ0) is 10.5. The molecule has 0 bridgehead atoms. The second kappa shape index (κ2) is 5.27. The second-order valence-corrected chi connectivity index (χ2v) is 8.82. The Morgan fingerprint density at radius 3 is 2.08 bits per heavy atom. The molecular formula is C11H22OSi. The summed E-state index contributed by atoms with van der Waals surface area (Å²) >= 11 is 0. The van der Waals surface area contributed by atoms with Gasteiger partial charge in [0.2, 0.25) is 8.32 Å². The molecule has 0 saturated carbocycles. The van der Waals surface area contributed by atoms with Gasteiger partial charge in [0, 0.05) is 0 Å². The minimum atomic E-state index is -1.44. The van der Waals surface area contributed by atoms with E-state index in [9.17, 15) is 0 Å².